The number of halogens is 2. The van der Waals surface area contributed by atoms with E-state index in [0.717, 1.165) is 8.95 Å². The predicted molar refractivity (Wildman–Crippen MR) is 159 cm³/mol. The Morgan fingerprint density at radius 3 is 1.54 bits per heavy atom. The summed E-state index contributed by atoms with van der Waals surface area (Å²) in [4.78, 5) is 0. The molecule has 35 heavy (non-hydrogen) atoms. The van der Waals surface area contributed by atoms with Gasteiger partial charge in [0.25, 0.3) is 0 Å². The van der Waals surface area contributed by atoms with Gasteiger partial charge in [-0.2, -0.15) is 0 Å². The molecule has 1 aromatic heterocycles. The van der Waals surface area contributed by atoms with E-state index in [1.807, 2.05) is 0 Å². The van der Waals surface area contributed by atoms with E-state index >= 15 is 0 Å². The zero-order chi connectivity index (χ0) is 25.1. The Morgan fingerprint density at radius 2 is 1.06 bits per heavy atom. The second-order valence-corrected chi connectivity index (χ2v) is 13.3. The minimum Gasteiger partial charge on any atom is -0.309 e. The minimum absolute atomic E-state index is 0.0658. The minimum atomic E-state index is 0.0658. The molecule has 5 rings (SSSR count). The summed E-state index contributed by atoms with van der Waals surface area (Å²) in [5, 5.41) is 2.48. The van der Waals surface area contributed by atoms with E-state index < -0.39 is 0 Å². The smallest absolute Gasteiger partial charge is 0.0542 e. The lowest BCUT2D eigenvalue weighted by Gasteiger charge is -2.27. The number of para-hydroxylation sites is 1. The van der Waals surface area contributed by atoms with E-state index in [0.29, 0.717) is 0 Å². The van der Waals surface area contributed by atoms with Crippen molar-refractivity contribution >= 4 is 53.7 Å². The Balaban J connectivity index is 1.86. The van der Waals surface area contributed by atoms with Crippen LogP contribution in [-0.4, -0.2) is 4.57 Å². The second-order valence-electron chi connectivity index (χ2n) is 11.5. The first kappa shape index (κ1) is 24.3. The molecule has 0 aliphatic heterocycles. The summed E-state index contributed by atoms with van der Waals surface area (Å²) in [7, 11) is 0. The molecule has 0 amide bonds. The number of benzene rings is 4. The molecule has 5 aromatic rings. The molecule has 0 radical (unpaired) electrons. The molecule has 0 N–H and O–H groups in total. The molecule has 0 aliphatic rings. The molecule has 0 fully saturated rings. The van der Waals surface area contributed by atoms with E-state index in [2.05, 4.69) is 157 Å². The standard InChI is InChI=1S/C32H31Br2N/c1-31(2,3)21-15-20(16-22(17-21)32(4,5)6)25-9-7-8-10-28(25)35-29-13-11-23(33)18-26(29)27-19-24(34)12-14-30(27)35/h7-19H,1-6H3. The van der Waals surface area contributed by atoms with Crippen molar-refractivity contribution in [1.82, 2.24) is 4.57 Å². The second kappa shape index (κ2) is 8.64. The Bertz CT molecular complexity index is 1480. The number of nitrogens with zero attached hydrogens (tertiary/aromatic N) is 1. The van der Waals surface area contributed by atoms with Crippen LogP contribution in [0.15, 0.2) is 87.8 Å². The summed E-state index contributed by atoms with van der Waals surface area (Å²) in [6, 6.07) is 29.1. The first-order valence-corrected chi connectivity index (χ1v) is 13.7. The van der Waals surface area contributed by atoms with E-state index in [4.69, 9.17) is 0 Å². The average molecular weight is 589 g/mol. The summed E-state index contributed by atoms with van der Waals surface area (Å²) in [6.45, 7) is 13.8. The number of fused-ring (bicyclic) bond motifs is 3. The van der Waals surface area contributed by atoms with Gasteiger partial charge in [0.2, 0.25) is 0 Å². The molecule has 0 bridgehead atoms. The Hall–Kier alpha value is -2.36. The van der Waals surface area contributed by atoms with Gasteiger partial charge >= 0.3 is 0 Å². The monoisotopic (exact) mass is 587 g/mol. The van der Waals surface area contributed by atoms with Gasteiger partial charge in [0, 0.05) is 25.3 Å². The Morgan fingerprint density at radius 1 is 0.571 bits per heavy atom. The van der Waals surface area contributed by atoms with Crippen molar-refractivity contribution in [3.8, 4) is 16.8 Å². The van der Waals surface area contributed by atoms with Crippen molar-refractivity contribution in [3.05, 3.63) is 98.9 Å². The molecule has 1 heterocycles. The third kappa shape index (κ3) is 4.49. The topological polar surface area (TPSA) is 4.93 Å². The van der Waals surface area contributed by atoms with Gasteiger partial charge in [-0.3, -0.25) is 0 Å². The molecular weight excluding hydrogens is 558 g/mol. The third-order valence-electron chi connectivity index (χ3n) is 6.81. The largest absolute Gasteiger partial charge is 0.309 e. The molecule has 0 unspecified atom stereocenters. The van der Waals surface area contributed by atoms with Crippen LogP contribution in [0.1, 0.15) is 52.7 Å². The average Bonchev–Trinajstić information content (AvgIpc) is 3.10. The predicted octanol–water partition coefficient (Wildman–Crippen LogP) is 10.6. The van der Waals surface area contributed by atoms with Crippen LogP contribution < -0.4 is 0 Å². The fraction of sp³-hybridized carbons (Fsp3) is 0.250. The van der Waals surface area contributed by atoms with E-state index in [9.17, 15) is 0 Å². The van der Waals surface area contributed by atoms with Crippen LogP contribution in [0, 0.1) is 0 Å². The summed E-state index contributed by atoms with van der Waals surface area (Å²) in [5.41, 5.74) is 8.98. The van der Waals surface area contributed by atoms with Gasteiger partial charge in [-0.25, -0.2) is 0 Å². The van der Waals surface area contributed by atoms with Crippen LogP contribution in [0.5, 0.6) is 0 Å². The molecule has 178 valence electrons. The number of hydrogen-bond acceptors (Lipinski definition) is 0. The van der Waals surface area contributed by atoms with Crippen LogP contribution in [0.25, 0.3) is 38.6 Å². The summed E-state index contributed by atoms with van der Waals surface area (Å²) in [5.74, 6) is 0. The highest BCUT2D eigenvalue weighted by atomic mass is 79.9. The number of hydrogen-bond donors (Lipinski definition) is 0. The van der Waals surface area contributed by atoms with E-state index in [1.165, 1.54) is 49.7 Å². The SMILES string of the molecule is CC(C)(C)c1cc(-c2ccccc2-n2c3ccc(Br)cc3c3cc(Br)ccc32)cc(C(C)(C)C)c1. The Kier molecular flexibility index (Phi) is 6.01. The fourth-order valence-corrected chi connectivity index (χ4v) is 5.51. The van der Waals surface area contributed by atoms with Gasteiger partial charge in [-0.05, 0) is 70.0 Å². The molecule has 1 nitrogen and oxygen atoms in total. The number of aromatic nitrogens is 1. The van der Waals surface area contributed by atoms with Gasteiger partial charge in [0.05, 0.1) is 16.7 Å². The van der Waals surface area contributed by atoms with E-state index in [1.54, 1.807) is 0 Å². The molecule has 0 saturated heterocycles. The highest BCUT2D eigenvalue weighted by Gasteiger charge is 2.22. The molecule has 0 spiro atoms. The van der Waals surface area contributed by atoms with Crippen molar-refractivity contribution in [2.45, 2.75) is 52.4 Å². The quantitative estimate of drug-likeness (QED) is 0.193. The van der Waals surface area contributed by atoms with Crippen LogP contribution in [0.4, 0.5) is 0 Å². The Labute approximate surface area is 225 Å². The first-order valence-electron chi connectivity index (χ1n) is 12.1. The molecule has 0 aliphatic carbocycles. The lowest BCUT2D eigenvalue weighted by atomic mass is 9.79. The van der Waals surface area contributed by atoms with Crippen LogP contribution in [0.2, 0.25) is 0 Å². The van der Waals surface area contributed by atoms with Crippen molar-refractivity contribution in [2.75, 3.05) is 0 Å². The maximum absolute atomic E-state index is 3.69. The van der Waals surface area contributed by atoms with Gasteiger partial charge in [-0.1, -0.05) is 110 Å². The third-order valence-corrected chi connectivity index (χ3v) is 7.80. The van der Waals surface area contributed by atoms with Crippen molar-refractivity contribution in [3.63, 3.8) is 0 Å². The maximum Gasteiger partial charge on any atom is 0.0542 e. The molecule has 3 heteroatoms. The van der Waals surface area contributed by atoms with Crippen molar-refractivity contribution < 1.29 is 0 Å². The molecule has 4 aromatic carbocycles. The van der Waals surface area contributed by atoms with Gasteiger partial charge in [0.15, 0.2) is 0 Å². The highest BCUT2D eigenvalue weighted by Crippen LogP contribution is 2.40. The first-order chi connectivity index (χ1) is 16.4. The number of rotatable bonds is 2. The highest BCUT2D eigenvalue weighted by molar-refractivity contribution is 9.10. The fourth-order valence-electron chi connectivity index (χ4n) is 4.79. The lowest BCUT2D eigenvalue weighted by molar-refractivity contribution is 0.569. The van der Waals surface area contributed by atoms with Crippen LogP contribution in [0.3, 0.4) is 0 Å². The summed E-state index contributed by atoms with van der Waals surface area (Å²) < 4.78 is 4.59. The van der Waals surface area contributed by atoms with Crippen LogP contribution in [-0.2, 0) is 10.8 Å². The summed E-state index contributed by atoms with van der Waals surface area (Å²) in [6.07, 6.45) is 0. The molecule has 0 saturated carbocycles. The van der Waals surface area contributed by atoms with Crippen LogP contribution >= 0.6 is 31.9 Å². The lowest BCUT2D eigenvalue weighted by Crippen LogP contribution is -2.16. The van der Waals surface area contributed by atoms with Gasteiger partial charge < -0.3 is 4.57 Å². The zero-order valence-electron chi connectivity index (χ0n) is 21.2. The molecular formula is C32H31Br2N. The normalized spacial score (nSPS) is 12.6. The van der Waals surface area contributed by atoms with Crippen molar-refractivity contribution in [1.29, 1.82) is 0 Å². The maximum atomic E-state index is 3.69. The van der Waals surface area contributed by atoms with Gasteiger partial charge in [0.1, 0.15) is 0 Å². The van der Waals surface area contributed by atoms with Crippen molar-refractivity contribution in [2.24, 2.45) is 0 Å². The summed E-state index contributed by atoms with van der Waals surface area (Å²) >= 11 is 7.37. The zero-order valence-corrected chi connectivity index (χ0v) is 24.4. The molecule has 0 atom stereocenters. The van der Waals surface area contributed by atoms with E-state index in [-0.39, 0.29) is 10.8 Å². The van der Waals surface area contributed by atoms with Gasteiger partial charge in [-0.15, -0.1) is 0 Å².